The van der Waals surface area contributed by atoms with Crippen LogP contribution < -0.4 is 10.1 Å². The standard InChI is InChI=1S/C15H16N2O5S/c1-10-15(18)16-13-8-12(5-6-14(13)22-10)23(19,20)17(2)9-11-4-3-7-21-11/h3-8,10H,9H2,1-2H3,(H,16,18). The molecule has 122 valence electrons. The third-order valence-electron chi connectivity index (χ3n) is 3.55. The van der Waals surface area contributed by atoms with Gasteiger partial charge in [0.2, 0.25) is 10.0 Å². The number of benzene rings is 1. The van der Waals surface area contributed by atoms with Crippen molar-refractivity contribution in [1.29, 1.82) is 0 Å². The van der Waals surface area contributed by atoms with Crippen LogP contribution in [0.3, 0.4) is 0 Å². The number of rotatable bonds is 4. The van der Waals surface area contributed by atoms with Crippen molar-refractivity contribution in [3.8, 4) is 5.75 Å². The fraction of sp³-hybridized carbons (Fsp3) is 0.267. The van der Waals surface area contributed by atoms with Crippen molar-refractivity contribution in [3.05, 3.63) is 42.4 Å². The fourth-order valence-electron chi connectivity index (χ4n) is 2.24. The first-order valence-corrected chi connectivity index (χ1v) is 8.42. The van der Waals surface area contributed by atoms with Gasteiger partial charge in [-0.3, -0.25) is 4.79 Å². The Balaban J connectivity index is 1.88. The van der Waals surface area contributed by atoms with Gasteiger partial charge in [-0.1, -0.05) is 0 Å². The zero-order chi connectivity index (χ0) is 16.6. The molecular formula is C15H16N2O5S. The molecule has 0 bridgehead atoms. The van der Waals surface area contributed by atoms with Crippen molar-refractivity contribution < 1.29 is 22.4 Å². The molecule has 3 rings (SSSR count). The zero-order valence-electron chi connectivity index (χ0n) is 12.6. The second-order valence-corrected chi connectivity index (χ2v) is 7.29. The van der Waals surface area contributed by atoms with Crippen LogP contribution in [0.1, 0.15) is 12.7 Å². The van der Waals surface area contributed by atoms with Crippen molar-refractivity contribution >= 4 is 21.6 Å². The molecule has 1 atom stereocenters. The molecule has 2 heterocycles. The molecule has 1 aliphatic rings. The van der Waals surface area contributed by atoms with E-state index in [-0.39, 0.29) is 17.3 Å². The number of nitrogens with zero attached hydrogens (tertiary/aromatic N) is 1. The highest BCUT2D eigenvalue weighted by Crippen LogP contribution is 2.32. The van der Waals surface area contributed by atoms with Gasteiger partial charge in [-0.05, 0) is 37.3 Å². The number of fused-ring (bicyclic) bond motifs is 1. The quantitative estimate of drug-likeness (QED) is 0.920. The Labute approximate surface area is 133 Å². The summed E-state index contributed by atoms with van der Waals surface area (Å²) in [5.41, 5.74) is 0.348. The van der Waals surface area contributed by atoms with Gasteiger partial charge in [-0.15, -0.1) is 0 Å². The lowest BCUT2D eigenvalue weighted by Gasteiger charge is -2.24. The minimum atomic E-state index is -3.71. The predicted molar refractivity (Wildman–Crippen MR) is 82.5 cm³/mol. The smallest absolute Gasteiger partial charge is 0.265 e. The Morgan fingerprint density at radius 2 is 2.09 bits per heavy atom. The summed E-state index contributed by atoms with van der Waals surface area (Å²) in [6.45, 7) is 1.74. The number of nitrogens with one attached hydrogen (secondary N) is 1. The minimum Gasteiger partial charge on any atom is -0.479 e. The maximum atomic E-state index is 12.6. The number of sulfonamides is 1. The Hall–Kier alpha value is -2.32. The number of anilines is 1. The molecular weight excluding hydrogens is 320 g/mol. The predicted octanol–water partition coefficient (Wildman–Crippen LogP) is 1.82. The van der Waals surface area contributed by atoms with Crippen LogP contribution in [0.4, 0.5) is 5.69 Å². The van der Waals surface area contributed by atoms with Gasteiger partial charge in [0.15, 0.2) is 6.10 Å². The van der Waals surface area contributed by atoms with Gasteiger partial charge in [0.05, 0.1) is 23.4 Å². The largest absolute Gasteiger partial charge is 0.479 e. The Morgan fingerprint density at radius 3 is 2.78 bits per heavy atom. The Kier molecular flexibility index (Phi) is 3.87. The number of hydrogen-bond donors (Lipinski definition) is 1. The number of carbonyl (C=O) groups is 1. The summed E-state index contributed by atoms with van der Waals surface area (Å²) >= 11 is 0. The minimum absolute atomic E-state index is 0.0729. The second kappa shape index (κ2) is 5.71. The molecule has 1 N–H and O–H groups in total. The van der Waals surface area contributed by atoms with Gasteiger partial charge in [-0.2, -0.15) is 4.31 Å². The van der Waals surface area contributed by atoms with E-state index in [1.807, 2.05) is 0 Å². The molecule has 0 fully saturated rings. The van der Waals surface area contributed by atoms with Gasteiger partial charge in [-0.25, -0.2) is 8.42 Å². The average molecular weight is 336 g/mol. The van der Waals surface area contributed by atoms with E-state index in [0.29, 0.717) is 17.2 Å². The normalized spacial score (nSPS) is 17.5. The molecule has 1 aromatic heterocycles. The van der Waals surface area contributed by atoms with E-state index in [1.165, 1.54) is 29.7 Å². The molecule has 0 saturated carbocycles. The molecule has 7 nitrogen and oxygen atoms in total. The summed E-state index contributed by atoms with van der Waals surface area (Å²) in [4.78, 5) is 11.7. The highest BCUT2D eigenvalue weighted by molar-refractivity contribution is 7.89. The van der Waals surface area contributed by atoms with Crippen LogP contribution in [0.2, 0.25) is 0 Å². The molecule has 1 amide bonds. The van der Waals surface area contributed by atoms with Gasteiger partial charge in [0.1, 0.15) is 11.5 Å². The molecule has 0 saturated heterocycles. The first-order chi connectivity index (χ1) is 10.9. The lowest BCUT2D eigenvalue weighted by atomic mass is 10.2. The van der Waals surface area contributed by atoms with Crippen LogP contribution in [0.15, 0.2) is 45.9 Å². The summed E-state index contributed by atoms with van der Waals surface area (Å²) in [5.74, 6) is 0.681. The molecule has 0 aliphatic carbocycles. The zero-order valence-corrected chi connectivity index (χ0v) is 13.5. The van der Waals surface area contributed by atoms with Gasteiger partial charge in [0.25, 0.3) is 5.91 Å². The third-order valence-corrected chi connectivity index (χ3v) is 5.35. The summed E-state index contributed by atoms with van der Waals surface area (Å²) in [7, 11) is -2.25. The summed E-state index contributed by atoms with van der Waals surface area (Å²) in [6, 6.07) is 7.79. The van der Waals surface area contributed by atoms with Crippen molar-refractivity contribution in [2.24, 2.45) is 0 Å². The van der Waals surface area contributed by atoms with Crippen LogP contribution in [0.25, 0.3) is 0 Å². The maximum Gasteiger partial charge on any atom is 0.265 e. The molecule has 1 aromatic carbocycles. The third kappa shape index (κ3) is 2.95. The average Bonchev–Trinajstić information content (AvgIpc) is 3.00. The molecule has 0 radical (unpaired) electrons. The van der Waals surface area contributed by atoms with E-state index in [1.54, 1.807) is 25.1 Å². The van der Waals surface area contributed by atoms with Crippen LogP contribution >= 0.6 is 0 Å². The fourth-order valence-corrected chi connectivity index (χ4v) is 3.40. The molecule has 1 aliphatic heterocycles. The number of hydrogen-bond acceptors (Lipinski definition) is 5. The SMILES string of the molecule is CC1Oc2ccc(S(=O)(=O)N(C)Cc3ccco3)cc2NC1=O. The number of carbonyl (C=O) groups excluding carboxylic acids is 1. The summed E-state index contributed by atoms with van der Waals surface area (Å²) < 4.78 is 37.0. The number of ether oxygens (including phenoxy) is 1. The highest BCUT2D eigenvalue weighted by Gasteiger charge is 2.27. The number of furan rings is 1. The Morgan fingerprint density at radius 1 is 1.30 bits per heavy atom. The molecule has 1 unspecified atom stereocenters. The highest BCUT2D eigenvalue weighted by atomic mass is 32.2. The first kappa shape index (κ1) is 15.6. The van der Waals surface area contributed by atoms with E-state index < -0.39 is 16.1 Å². The van der Waals surface area contributed by atoms with Gasteiger partial charge in [0, 0.05) is 7.05 Å². The van der Waals surface area contributed by atoms with Crippen molar-refractivity contribution in [1.82, 2.24) is 4.31 Å². The van der Waals surface area contributed by atoms with E-state index in [9.17, 15) is 13.2 Å². The summed E-state index contributed by atoms with van der Waals surface area (Å²) in [6.07, 6.45) is 0.884. The second-order valence-electron chi connectivity index (χ2n) is 5.25. The van der Waals surface area contributed by atoms with Crippen LogP contribution in [-0.4, -0.2) is 31.8 Å². The summed E-state index contributed by atoms with van der Waals surface area (Å²) in [5, 5.41) is 2.64. The molecule has 23 heavy (non-hydrogen) atoms. The van der Waals surface area contributed by atoms with Gasteiger partial charge >= 0.3 is 0 Å². The Bertz CT molecular complexity index is 830. The maximum absolute atomic E-state index is 12.6. The lowest BCUT2D eigenvalue weighted by molar-refractivity contribution is -0.122. The molecule has 8 heteroatoms. The molecule has 0 spiro atoms. The van der Waals surface area contributed by atoms with E-state index in [0.717, 1.165) is 0 Å². The van der Waals surface area contributed by atoms with E-state index in [2.05, 4.69) is 5.32 Å². The van der Waals surface area contributed by atoms with Crippen LogP contribution in [0, 0.1) is 0 Å². The van der Waals surface area contributed by atoms with E-state index in [4.69, 9.17) is 9.15 Å². The monoisotopic (exact) mass is 336 g/mol. The van der Waals surface area contributed by atoms with Crippen LogP contribution in [-0.2, 0) is 21.4 Å². The van der Waals surface area contributed by atoms with Crippen molar-refractivity contribution in [2.75, 3.05) is 12.4 Å². The molecule has 2 aromatic rings. The van der Waals surface area contributed by atoms with Gasteiger partial charge < -0.3 is 14.5 Å². The first-order valence-electron chi connectivity index (χ1n) is 6.98. The lowest BCUT2D eigenvalue weighted by Crippen LogP contribution is -2.34. The van der Waals surface area contributed by atoms with Crippen molar-refractivity contribution in [3.63, 3.8) is 0 Å². The number of amides is 1. The van der Waals surface area contributed by atoms with Crippen LogP contribution in [0.5, 0.6) is 5.75 Å². The van der Waals surface area contributed by atoms with E-state index >= 15 is 0 Å². The topological polar surface area (TPSA) is 88.8 Å². The van der Waals surface area contributed by atoms with Crippen molar-refractivity contribution in [2.45, 2.75) is 24.5 Å².